The van der Waals surface area contributed by atoms with Gasteiger partial charge in [0, 0.05) is 50.2 Å². The van der Waals surface area contributed by atoms with E-state index >= 15 is 0 Å². The van der Waals surface area contributed by atoms with Crippen LogP contribution in [0, 0.1) is 5.82 Å². The quantitative estimate of drug-likeness (QED) is 0.837. The topological polar surface area (TPSA) is 32.3 Å². The summed E-state index contributed by atoms with van der Waals surface area (Å²) in [5, 5.41) is 0. The van der Waals surface area contributed by atoms with Crippen LogP contribution in [0.25, 0.3) is 0 Å². The Balaban J connectivity index is 1.68. The average molecular weight is 365 g/mol. The minimum atomic E-state index is -0.232. The molecule has 2 aromatic rings. The highest BCUT2D eigenvalue weighted by Crippen LogP contribution is 2.26. The lowest BCUT2D eigenvalue weighted by atomic mass is 10.1. The summed E-state index contributed by atoms with van der Waals surface area (Å²) in [6.45, 7) is 5.43. The monoisotopic (exact) mass is 364 g/mol. The highest BCUT2D eigenvalue weighted by atomic mass is 79.9. The highest BCUT2D eigenvalue weighted by Gasteiger charge is 2.26. The molecule has 1 unspecified atom stereocenters. The van der Waals surface area contributed by atoms with Crippen molar-refractivity contribution in [1.29, 1.82) is 0 Å². The van der Waals surface area contributed by atoms with Crippen LogP contribution in [0.15, 0.2) is 41.3 Å². The zero-order valence-corrected chi connectivity index (χ0v) is 14.0. The molecule has 1 atom stereocenters. The molecule has 3 heterocycles. The number of rotatable bonds is 3. The summed E-state index contributed by atoms with van der Waals surface area (Å²) < 4.78 is 14.8. The molecule has 0 aliphatic carbocycles. The Morgan fingerprint density at radius 3 is 2.91 bits per heavy atom. The van der Waals surface area contributed by atoms with E-state index in [9.17, 15) is 4.39 Å². The number of halogens is 2. The van der Waals surface area contributed by atoms with Crippen molar-refractivity contribution in [2.45, 2.75) is 19.5 Å². The van der Waals surface area contributed by atoms with Gasteiger partial charge in [-0.1, -0.05) is 0 Å². The van der Waals surface area contributed by atoms with E-state index in [-0.39, 0.29) is 5.82 Å². The number of hydrogen-bond acceptors (Lipinski definition) is 4. The number of aromatic nitrogens is 2. The summed E-state index contributed by atoms with van der Waals surface area (Å²) in [6.07, 6.45) is 4.73. The van der Waals surface area contributed by atoms with Crippen LogP contribution in [0.1, 0.15) is 12.5 Å². The van der Waals surface area contributed by atoms with Crippen molar-refractivity contribution in [3.05, 3.63) is 52.6 Å². The molecule has 1 saturated heterocycles. The predicted molar refractivity (Wildman–Crippen MR) is 88.2 cm³/mol. The van der Waals surface area contributed by atoms with Crippen LogP contribution in [0.3, 0.4) is 0 Å². The van der Waals surface area contributed by atoms with Crippen LogP contribution in [-0.2, 0) is 6.54 Å². The Morgan fingerprint density at radius 2 is 2.18 bits per heavy atom. The smallest absolute Gasteiger partial charge is 0.145 e. The molecule has 3 rings (SSSR count). The molecule has 0 spiro atoms. The first-order valence-corrected chi connectivity index (χ1v) is 8.12. The molecule has 0 amide bonds. The van der Waals surface area contributed by atoms with Crippen LogP contribution < -0.4 is 4.90 Å². The highest BCUT2D eigenvalue weighted by molar-refractivity contribution is 9.10. The zero-order chi connectivity index (χ0) is 15.5. The summed E-state index contributed by atoms with van der Waals surface area (Å²) in [5.41, 5.74) is 0.703. The van der Waals surface area contributed by atoms with E-state index in [2.05, 4.69) is 42.6 Å². The van der Waals surface area contributed by atoms with Gasteiger partial charge in [-0.15, -0.1) is 0 Å². The third-order valence-corrected chi connectivity index (χ3v) is 4.65. The van der Waals surface area contributed by atoms with Gasteiger partial charge < -0.3 is 4.90 Å². The third-order valence-electron chi connectivity index (χ3n) is 4.03. The summed E-state index contributed by atoms with van der Waals surface area (Å²) in [6, 6.07) is 6.00. The molecule has 0 aromatic carbocycles. The molecule has 0 radical (unpaired) electrons. The standard InChI is InChI=1S/C16H18BrFN4/c1-12-10-22(16-14(17)3-2-5-20-16)8-7-21(12)11-13-4-6-19-9-15(13)18/h2-6,9,12H,7-8,10-11H2,1H3. The Labute approximate surface area is 138 Å². The number of pyridine rings is 2. The first kappa shape index (κ1) is 15.4. The molecule has 1 fully saturated rings. The van der Waals surface area contributed by atoms with Gasteiger partial charge in [0.2, 0.25) is 0 Å². The lowest BCUT2D eigenvalue weighted by molar-refractivity contribution is 0.178. The Hall–Kier alpha value is -1.53. The van der Waals surface area contributed by atoms with E-state index in [0.29, 0.717) is 18.2 Å². The lowest BCUT2D eigenvalue weighted by Crippen LogP contribution is -2.51. The zero-order valence-electron chi connectivity index (χ0n) is 12.4. The maximum absolute atomic E-state index is 13.8. The number of piperazine rings is 1. The van der Waals surface area contributed by atoms with Crippen molar-refractivity contribution in [1.82, 2.24) is 14.9 Å². The number of hydrogen-bond donors (Lipinski definition) is 0. The molecule has 0 saturated carbocycles. The number of nitrogens with zero attached hydrogens (tertiary/aromatic N) is 4. The molecular weight excluding hydrogens is 347 g/mol. The molecule has 0 N–H and O–H groups in total. The first-order valence-electron chi connectivity index (χ1n) is 7.33. The fourth-order valence-electron chi connectivity index (χ4n) is 2.78. The van der Waals surface area contributed by atoms with E-state index in [1.54, 1.807) is 12.3 Å². The molecule has 116 valence electrons. The maximum atomic E-state index is 13.8. The fraction of sp³-hybridized carbons (Fsp3) is 0.375. The van der Waals surface area contributed by atoms with Crippen LogP contribution in [-0.4, -0.2) is 40.5 Å². The van der Waals surface area contributed by atoms with E-state index in [1.165, 1.54) is 6.20 Å². The molecule has 1 aliphatic rings. The second-order valence-corrected chi connectivity index (χ2v) is 6.40. The Kier molecular flexibility index (Phi) is 4.69. The van der Waals surface area contributed by atoms with Gasteiger partial charge in [0.05, 0.1) is 10.7 Å². The van der Waals surface area contributed by atoms with Crippen LogP contribution in [0.5, 0.6) is 0 Å². The maximum Gasteiger partial charge on any atom is 0.145 e. The van der Waals surface area contributed by atoms with E-state index in [1.807, 2.05) is 18.3 Å². The largest absolute Gasteiger partial charge is 0.353 e. The van der Waals surface area contributed by atoms with Crippen LogP contribution in [0.4, 0.5) is 10.2 Å². The summed E-state index contributed by atoms with van der Waals surface area (Å²) in [5.74, 6) is 0.744. The van der Waals surface area contributed by atoms with Gasteiger partial charge in [0.1, 0.15) is 11.6 Å². The normalized spacial score (nSPS) is 19.4. The molecule has 4 nitrogen and oxygen atoms in total. The van der Waals surface area contributed by atoms with Crippen molar-refractivity contribution >= 4 is 21.7 Å². The number of anilines is 1. The van der Waals surface area contributed by atoms with Gasteiger partial charge in [-0.2, -0.15) is 0 Å². The van der Waals surface area contributed by atoms with E-state index in [0.717, 1.165) is 29.9 Å². The lowest BCUT2D eigenvalue weighted by Gasteiger charge is -2.40. The minimum absolute atomic E-state index is 0.232. The van der Waals surface area contributed by atoms with Gasteiger partial charge in [-0.3, -0.25) is 9.88 Å². The Morgan fingerprint density at radius 1 is 1.32 bits per heavy atom. The van der Waals surface area contributed by atoms with Crippen LogP contribution >= 0.6 is 15.9 Å². The molecular formula is C16H18BrFN4. The molecule has 1 aliphatic heterocycles. The minimum Gasteiger partial charge on any atom is -0.353 e. The van der Waals surface area contributed by atoms with Crippen molar-refractivity contribution in [3.8, 4) is 0 Å². The molecule has 0 bridgehead atoms. The van der Waals surface area contributed by atoms with E-state index in [4.69, 9.17) is 0 Å². The van der Waals surface area contributed by atoms with Gasteiger partial charge in [-0.05, 0) is 41.1 Å². The SMILES string of the molecule is CC1CN(c2ncccc2Br)CCN1Cc1ccncc1F. The first-order chi connectivity index (χ1) is 10.6. The van der Waals surface area contributed by atoms with Crippen molar-refractivity contribution in [3.63, 3.8) is 0 Å². The van der Waals surface area contributed by atoms with Gasteiger partial charge >= 0.3 is 0 Å². The summed E-state index contributed by atoms with van der Waals surface area (Å²) >= 11 is 3.56. The van der Waals surface area contributed by atoms with Crippen molar-refractivity contribution in [2.75, 3.05) is 24.5 Å². The Bertz CT molecular complexity index is 652. The molecule has 6 heteroatoms. The van der Waals surface area contributed by atoms with Crippen LogP contribution in [0.2, 0.25) is 0 Å². The van der Waals surface area contributed by atoms with Gasteiger partial charge in [0.15, 0.2) is 0 Å². The molecule has 22 heavy (non-hydrogen) atoms. The predicted octanol–water partition coefficient (Wildman–Crippen LogP) is 3.09. The second-order valence-electron chi connectivity index (χ2n) is 5.54. The third kappa shape index (κ3) is 3.28. The van der Waals surface area contributed by atoms with Crippen molar-refractivity contribution < 1.29 is 4.39 Å². The van der Waals surface area contributed by atoms with E-state index < -0.39 is 0 Å². The van der Waals surface area contributed by atoms with Crippen molar-refractivity contribution in [2.24, 2.45) is 0 Å². The fourth-order valence-corrected chi connectivity index (χ4v) is 3.29. The summed E-state index contributed by atoms with van der Waals surface area (Å²) in [4.78, 5) is 12.8. The summed E-state index contributed by atoms with van der Waals surface area (Å²) in [7, 11) is 0. The average Bonchev–Trinajstić information content (AvgIpc) is 2.52. The molecule has 2 aromatic heterocycles. The second kappa shape index (κ2) is 6.71. The van der Waals surface area contributed by atoms with Gasteiger partial charge in [0.25, 0.3) is 0 Å². The van der Waals surface area contributed by atoms with Gasteiger partial charge in [-0.25, -0.2) is 9.37 Å².